The van der Waals surface area contributed by atoms with E-state index in [2.05, 4.69) is 32.9 Å². The fourth-order valence-electron chi connectivity index (χ4n) is 2.26. The number of nitrogens with zero attached hydrogens (tertiary/aromatic N) is 1. The van der Waals surface area contributed by atoms with Crippen LogP contribution in [0.25, 0.3) is 0 Å². The second-order valence-electron chi connectivity index (χ2n) is 5.29. The summed E-state index contributed by atoms with van der Waals surface area (Å²) < 4.78 is 7.17. The van der Waals surface area contributed by atoms with Crippen molar-refractivity contribution in [3.8, 4) is 0 Å². The van der Waals surface area contributed by atoms with Crippen LogP contribution in [0.2, 0.25) is 0 Å². The number of carbonyl (C=O) groups is 1. The lowest BCUT2D eigenvalue weighted by atomic mass is 10.2. The Kier molecular flexibility index (Phi) is 5.17. The Morgan fingerprint density at radius 3 is 2.64 bits per heavy atom. The maximum absolute atomic E-state index is 12.5. The number of rotatable bonds is 5. The van der Waals surface area contributed by atoms with Gasteiger partial charge in [-0.2, -0.15) is 0 Å². The van der Waals surface area contributed by atoms with Gasteiger partial charge >= 0.3 is 5.69 Å². The van der Waals surface area contributed by atoms with Crippen LogP contribution in [0.15, 0.2) is 62.9 Å². The van der Waals surface area contributed by atoms with E-state index in [1.807, 2.05) is 24.3 Å². The zero-order valence-corrected chi connectivity index (χ0v) is 15.1. The number of hydrogen-bond acceptors (Lipinski definition) is 4. The predicted octanol–water partition coefficient (Wildman–Crippen LogP) is 1.71. The third kappa shape index (κ3) is 4.08. The van der Waals surface area contributed by atoms with Crippen LogP contribution >= 0.6 is 22.6 Å². The second-order valence-corrected chi connectivity index (χ2v) is 6.53. The molecule has 3 rings (SSSR count). The lowest BCUT2D eigenvalue weighted by Crippen LogP contribution is -2.40. The summed E-state index contributed by atoms with van der Waals surface area (Å²) in [5.41, 5.74) is -0.485. The molecular formula is C17H14IN3O4. The highest BCUT2D eigenvalue weighted by Gasteiger charge is 2.15. The molecule has 0 radical (unpaired) electrons. The number of hydrogen-bond donors (Lipinski definition) is 2. The summed E-state index contributed by atoms with van der Waals surface area (Å²) in [5.74, 6) is -0.1000. The highest BCUT2D eigenvalue weighted by molar-refractivity contribution is 14.1. The van der Waals surface area contributed by atoms with Crippen molar-refractivity contribution in [2.24, 2.45) is 0 Å². The minimum atomic E-state index is -0.666. The van der Waals surface area contributed by atoms with Gasteiger partial charge in [0.05, 0.1) is 12.8 Å². The average molecular weight is 451 g/mol. The standard InChI is InChI=1S/C17H14IN3O4/c18-12-5-3-11(4-6-12)8-19-15(22)14-9-20-17(24)21(16(14)23)10-13-2-1-7-25-13/h1-7,9H,8,10H2,(H,19,22)(H,20,24). The zero-order valence-electron chi connectivity index (χ0n) is 13.0. The number of H-pyrrole nitrogens is 1. The zero-order chi connectivity index (χ0) is 17.8. The Bertz CT molecular complexity index is 988. The number of aromatic nitrogens is 2. The van der Waals surface area contributed by atoms with Gasteiger partial charge in [0.15, 0.2) is 0 Å². The first-order chi connectivity index (χ1) is 12.0. The first kappa shape index (κ1) is 17.2. The number of aromatic amines is 1. The van der Waals surface area contributed by atoms with Crippen LogP contribution in [-0.4, -0.2) is 15.5 Å². The van der Waals surface area contributed by atoms with E-state index in [9.17, 15) is 14.4 Å². The highest BCUT2D eigenvalue weighted by atomic mass is 127. The van der Waals surface area contributed by atoms with Gasteiger partial charge in [-0.05, 0) is 52.4 Å². The molecular weight excluding hydrogens is 437 g/mol. The fourth-order valence-corrected chi connectivity index (χ4v) is 2.62. The lowest BCUT2D eigenvalue weighted by molar-refractivity contribution is 0.0948. The Balaban J connectivity index is 1.79. The molecule has 128 valence electrons. The second kappa shape index (κ2) is 7.51. The van der Waals surface area contributed by atoms with Crippen LogP contribution in [0.1, 0.15) is 21.7 Å². The minimum Gasteiger partial charge on any atom is -0.467 e. The largest absolute Gasteiger partial charge is 0.467 e. The van der Waals surface area contributed by atoms with Crippen LogP contribution in [0.3, 0.4) is 0 Å². The summed E-state index contributed by atoms with van der Waals surface area (Å²) in [4.78, 5) is 39.1. The average Bonchev–Trinajstić information content (AvgIpc) is 3.11. The van der Waals surface area contributed by atoms with E-state index < -0.39 is 17.2 Å². The molecule has 0 fully saturated rings. The number of halogens is 1. The smallest absolute Gasteiger partial charge is 0.328 e. The van der Waals surface area contributed by atoms with Crippen LogP contribution in [0.5, 0.6) is 0 Å². The molecule has 0 aliphatic carbocycles. The summed E-state index contributed by atoms with van der Waals surface area (Å²) >= 11 is 2.19. The molecule has 25 heavy (non-hydrogen) atoms. The number of furan rings is 1. The normalized spacial score (nSPS) is 10.6. The summed E-state index contributed by atoms with van der Waals surface area (Å²) in [6.45, 7) is 0.242. The van der Waals surface area contributed by atoms with E-state index in [1.165, 1.54) is 6.26 Å². The SMILES string of the molecule is O=C(NCc1ccc(I)cc1)c1c[nH]c(=O)n(Cc2ccco2)c1=O. The van der Waals surface area contributed by atoms with Gasteiger partial charge in [0.25, 0.3) is 11.5 Å². The number of nitrogens with one attached hydrogen (secondary N) is 2. The molecule has 0 aliphatic heterocycles. The third-order valence-corrected chi connectivity index (χ3v) is 4.28. The first-order valence-electron chi connectivity index (χ1n) is 7.42. The maximum Gasteiger partial charge on any atom is 0.328 e. The predicted molar refractivity (Wildman–Crippen MR) is 99.5 cm³/mol. The Morgan fingerprint density at radius 1 is 1.20 bits per heavy atom. The van der Waals surface area contributed by atoms with Crippen molar-refractivity contribution in [1.82, 2.24) is 14.9 Å². The van der Waals surface area contributed by atoms with Crippen molar-refractivity contribution < 1.29 is 9.21 Å². The number of carbonyl (C=O) groups excluding carboxylic acids is 1. The Labute approximate surface area is 155 Å². The molecule has 0 spiro atoms. The topological polar surface area (TPSA) is 97.1 Å². The van der Waals surface area contributed by atoms with E-state index in [-0.39, 0.29) is 18.7 Å². The molecule has 0 saturated heterocycles. The molecule has 1 amide bonds. The molecule has 1 aromatic carbocycles. The monoisotopic (exact) mass is 451 g/mol. The van der Waals surface area contributed by atoms with Gasteiger partial charge in [-0.1, -0.05) is 12.1 Å². The summed E-state index contributed by atoms with van der Waals surface area (Å²) in [7, 11) is 0. The summed E-state index contributed by atoms with van der Waals surface area (Å²) in [6.07, 6.45) is 2.58. The van der Waals surface area contributed by atoms with Gasteiger partial charge < -0.3 is 14.7 Å². The van der Waals surface area contributed by atoms with E-state index in [0.717, 1.165) is 19.9 Å². The van der Waals surface area contributed by atoms with Crippen molar-refractivity contribution in [2.75, 3.05) is 0 Å². The maximum atomic E-state index is 12.5. The van der Waals surface area contributed by atoms with Crippen LogP contribution in [0.4, 0.5) is 0 Å². The van der Waals surface area contributed by atoms with Crippen LogP contribution in [-0.2, 0) is 13.1 Å². The first-order valence-corrected chi connectivity index (χ1v) is 8.50. The molecule has 0 bridgehead atoms. The molecule has 8 heteroatoms. The van der Waals surface area contributed by atoms with Crippen molar-refractivity contribution >= 4 is 28.5 Å². The van der Waals surface area contributed by atoms with Gasteiger partial charge in [0.2, 0.25) is 0 Å². The molecule has 0 unspecified atom stereocenters. The Morgan fingerprint density at radius 2 is 1.96 bits per heavy atom. The molecule has 2 aromatic heterocycles. The number of amides is 1. The molecule has 2 N–H and O–H groups in total. The number of benzene rings is 1. The summed E-state index contributed by atoms with van der Waals surface area (Å²) in [5, 5.41) is 2.68. The van der Waals surface area contributed by atoms with E-state index in [1.54, 1.807) is 12.1 Å². The molecule has 7 nitrogen and oxygen atoms in total. The van der Waals surface area contributed by atoms with E-state index >= 15 is 0 Å². The fraction of sp³-hybridized carbons (Fsp3) is 0.118. The van der Waals surface area contributed by atoms with Gasteiger partial charge in [0.1, 0.15) is 11.3 Å². The molecule has 0 atom stereocenters. The van der Waals surface area contributed by atoms with E-state index in [0.29, 0.717) is 5.76 Å². The third-order valence-electron chi connectivity index (χ3n) is 3.57. The van der Waals surface area contributed by atoms with Crippen LogP contribution < -0.4 is 16.6 Å². The van der Waals surface area contributed by atoms with E-state index in [4.69, 9.17) is 4.42 Å². The van der Waals surface area contributed by atoms with Gasteiger partial charge in [-0.25, -0.2) is 4.79 Å². The van der Waals surface area contributed by atoms with Crippen molar-refractivity contribution in [2.45, 2.75) is 13.1 Å². The molecule has 3 aromatic rings. The molecule has 2 heterocycles. The quantitative estimate of drug-likeness (QED) is 0.578. The molecule has 0 saturated carbocycles. The summed E-state index contributed by atoms with van der Waals surface area (Å²) in [6, 6.07) is 11.0. The van der Waals surface area contributed by atoms with Gasteiger partial charge in [-0.3, -0.25) is 14.2 Å². The molecule has 0 aliphatic rings. The van der Waals surface area contributed by atoms with Crippen molar-refractivity contribution in [3.05, 3.63) is 90.2 Å². The van der Waals surface area contributed by atoms with Gasteiger partial charge in [0, 0.05) is 16.3 Å². The highest BCUT2D eigenvalue weighted by Crippen LogP contribution is 2.06. The van der Waals surface area contributed by atoms with Crippen molar-refractivity contribution in [1.29, 1.82) is 0 Å². The van der Waals surface area contributed by atoms with Gasteiger partial charge in [-0.15, -0.1) is 0 Å². The minimum absolute atomic E-state index is 0.0423. The van der Waals surface area contributed by atoms with Crippen molar-refractivity contribution in [3.63, 3.8) is 0 Å². The van der Waals surface area contributed by atoms with Crippen LogP contribution in [0, 0.1) is 3.57 Å². The lowest BCUT2D eigenvalue weighted by Gasteiger charge is -2.07. The Hall–Kier alpha value is -2.62.